The first-order valence-corrected chi connectivity index (χ1v) is 8.31. The number of nitrogens with one attached hydrogen (secondary N) is 1. The van der Waals surface area contributed by atoms with Crippen molar-refractivity contribution in [2.75, 3.05) is 19.6 Å². The zero-order valence-corrected chi connectivity index (χ0v) is 13.2. The number of pyridine rings is 1. The highest BCUT2D eigenvalue weighted by Gasteiger charge is 2.21. The van der Waals surface area contributed by atoms with Crippen LogP contribution in [0.15, 0.2) is 23.2 Å². The van der Waals surface area contributed by atoms with Gasteiger partial charge in [-0.1, -0.05) is 13.8 Å². The van der Waals surface area contributed by atoms with Crippen LogP contribution in [0.25, 0.3) is 0 Å². The van der Waals surface area contributed by atoms with E-state index in [1.807, 2.05) is 6.92 Å². The van der Waals surface area contributed by atoms with Gasteiger partial charge in [0.25, 0.3) is 0 Å². The summed E-state index contributed by atoms with van der Waals surface area (Å²) < 4.78 is 27.4. The van der Waals surface area contributed by atoms with Crippen LogP contribution >= 0.6 is 0 Å². The SMILES string of the molecule is CCN(CC)CC(C)NS(=O)(=O)c1cccnc1CN. The van der Waals surface area contributed by atoms with E-state index in [2.05, 4.69) is 28.5 Å². The molecule has 0 saturated heterocycles. The lowest BCUT2D eigenvalue weighted by atomic mass is 10.3. The number of rotatable bonds is 8. The molecule has 1 aromatic rings. The van der Waals surface area contributed by atoms with Gasteiger partial charge in [0, 0.05) is 25.3 Å². The Bertz CT molecular complexity index is 515. The van der Waals surface area contributed by atoms with Crippen LogP contribution in [0.5, 0.6) is 0 Å². The third-order valence-electron chi connectivity index (χ3n) is 3.11. The lowest BCUT2D eigenvalue weighted by molar-refractivity contribution is 0.282. The summed E-state index contributed by atoms with van der Waals surface area (Å²) in [5.41, 5.74) is 5.92. The lowest BCUT2D eigenvalue weighted by Gasteiger charge is -2.23. The fourth-order valence-corrected chi connectivity index (χ4v) is 3.49. The zero-order valence-electron chi connectivity index (χ0n) is 12.3. The average molecular weight is 300 g/mol. The van der Waals surface area contributed by atoms with Gasteiger partial charge in [-0.25, -0.2) is 13.1 Å². The molecule has 1 atom stereocenters. The van der Waals surface area contributed by atoms with Gasteiger partial charge >= 0.3 is 0 Å². The van der Waals surface area contributed by atoms with Crippen molar-refractivity contribution in [1.29, 1.82) is 0 Å². The largest absolute Gasteiger partial charge is 0.325 e. The summed E-state index contributed by atoms with van der Waals surface area (Å²) in [5.74, 6) is 0. The molecule has 3 N–H and O–H groups in total. The van der Waals surface area contributed by atoms with Crippen molar-refractivity contribution in [3.05, 3.63) is 24.0 Å². The Kier molecular flexibility index (Phi) is 6.54. The molecule has 0 spiro atoms. The molecule has 20 heavy (non-hydrogen) atoms. The molecule has 0 aliphatic carbocycles. The molecule has 1 unspecified atom stereocenters. The van der Waals surface area contributed by atoms with Crippen molar-refractivity contribution in [2.24, 2.45) is 5.73 Å². The lowest BCUT2D eigenvalue weighted by Crippen LogP contribution is -2.42. The fourth-order valence-electron chi connectivity index (χ4n) is 2.06. The minimum Gasteiger partial charge on any atom is -0.325 e. The molecular weight excluding hydrogens is 276 g/mol. The van der Waals surface area contributed by atoms with Gasteiger partial charge in [-0.15, -0.1) is 0 Å². The molecule has 0 radical (unpaired) electrons. The van der Waals surface area contributed by atoms with Crippen LogP contribution in [-0.4, -0.2) is 44.0 Å². The van der Waals surface area contributed by atoms with Crippen LogP contribution in [0.3, 0.4) is 0 Å². The van der Waals surface area contributed by atoms with Crippen molar-refractivity contribution in [3.8, 4) is 0 Å². The maximum Gasteiger partial charge on any atom is 0.242 e. The molecule has 7 heteroatoms. The van der Waals surface area contributed by atoms with Crippen LogP contribution in [0.1, 0.15) is 26.5 Å². The smallest absolute Gasteiger partial charge is 0.242 e. The Labute approximate surface area is 121 Å². The minimum absolute atomic E-state index is 0.0987. The number of hydrogen-bond acceptors (Lipinski definition) is 5. The third kappa shape index (κ3) is 4.52. The van der Waals surface area contributed by atoms with Crippen LogP contribution < -0.4 is 10.5 Å². The molecule has 1 aromatic heterocycles. The monoisotopic (exact) mass is 300 g/mol. The molecule has 1 heterocycles. The summed E-state index contributed by atoms with van der Waals surface area (Å²) in [5, 5.41) is 0. The summed E-state index contributed by atoms with van der Waals surface area (Å²) in [6, 6.07) is 2.95. The van der Waals surface area contributed by atoms with Gasteiger partial charge in [0.1, 0.15) is 4.90 Å². The van der Waals surface area contributed by atoms with Gasteiger partial charge in [-0.3, -0.25) is 4.98 Å². The standard InChI is InChI=1S/C13H24N4O2S/c1-4-17(5-2)10-11(3)16-20(18,19)13-7-6-8-15-12(13)9-14/h6-8,11,16H,4-5,9-10,14H2,1-3H3. The van der Waals surface area contributed by atoms with E-state index >= 15 is 0 Å². The molecule has 0 fully saturated rings. The van der Waals surface area contributed by atoms with E-state index < -0.39 is 10.0 Å². The average Bonchev–Trinajstić information content (AvgIpc) is 2.44. The Morgan fingerprint density at radius 1 is 1.40 bits per heavy atom. The van der Waals surface area contributed by atoms with Gasteiger partial charge < -0.3 is 10.6 Å². The topological polar surface area (TPSA) is 88.3 Å². The summed E-state index contributed by atoms with van der Waals surface area (Å²) in [6.07, 6.45) is 1.54. The third-order valence-corrected chi connectivity index (χ3v) is 4.78. The van der Waals surface area contributed by atoms with E-state index in [0.717, 1.165) is 13.1 Å². The predicted molar refractivity (Wildman–Crippen MR) is 79.7 cm³/mol. The molecule has 6 nitrogen and oxygen atoms in total. The molecule has 0 aliphatic rings. The highest BCUT2D eigenvalue weighted by atomic mass is 32.2. The predicted octanol–water partition coefficient (Wildman–Crippen LogP) is 0.549. The Hall–Kier alpha value is -1.02. The van der Waals surface area contributed by atoms with E-state index in [-0.39, 0.29) is 17.5 Å². The van der Waals surface area contributed by atoms with Crippen molar-refractivity contribution in [1.82, 2.24) is 14.6 Å². The van der Waals surface area contributed by atoms with Crippen LogP contribution in [0.4, 0.5) is 0 Å². The van der Waals surface area contributed by atoms with E-state index in [1.165, 1.54) is 6.07 Å². The Morgan fingerprint density at radius 2 is 2.05 bits per heavy atom. The molecule has 0 amide bonds. The summed E-state index contributed by atoms with van der Waals surface area (Å²) in [4.78, 5) is 6.34. The minimum atomic E-state index is -3.58. The first-order valence-electron chi connectivity index (χ1n) is 6.83. The highest BCUT2D eigenvalue weighted by Crippen LogP contribution is 2.12. The van der Waals surface area contributed by atoms with Crippen LogP contribution in [0.2, 0.25) is 0 Å². The van der Waals surface area contributed by atoms with Gasteiger partial charge in [0.05, 0.1) is 5.69 Å². The van der Waals surface area contributed by atoms with Crippen molar-refractivity contribution >= 4 is 10.0 Å². The first kappa shape index (κ1) is 17.0. The van der Waals surface area contributed by atoms with Gasteiger partial charge in [0.2, 0.25) is 10.0 Å². The molecule has 0 aliphatic heterocycles. The maximum absolute atomic E-state index is 12.4. The van der Waals surface area contributed by atoms with Crippen molar-refractivity contribution < 1.29 is 8.42 Å². The highest BCUT2D eigenvalue weighted by molar-refractivity contribution is 7.89. The van der Waals surface area contributed by atoms with E-state index in [9.17, 15) is 8.42 Å². The normalized spacial score (nSPS) is 13.7. The van der Waals surface area contributed by atoms with E-state index in [4.69, 9.17) is 5.73 Å². The second kappa shape index (κ2) is 7.68. The molecular formula is C13H24N4O2S. The summed E-state index contributed by atoms with van der Waals surface area (Å²) >= 11 is 0. The maximum atomic E-state index is 12.4. The van der Waals surface area contributed by atoms with Crippen LogP contribution in [0, 0.1) is 0 Å². The van der Waals surface area contributed by atoms with Gasteiger partial charge in [-0.2, -0.15) is 0 Å². The van der Waals surface area contributed by atoms with E-state index in [1.54, 1.807) is 12.3 Å². The molecule has 114 valence electrons. The number of aromatic nitrogens is 1. The van der Waals surface area contributed by atoms with Crippen molar-refractivity contribution in [3.63, 3.8) is 0 Å². The number of nitrogens with zero attached hydrogens (tertiary/aromatic N) is 2. The summed E-state index contributed by atoms with van der Waals surface area (Å²) in [6.45, 7) is 8.52. The molecule has 0 saturated carbocycles. The quantitative estimate of drug-likeness (QED) is 0.732. The second-order valence-corrected chi connectivity index (χ2v) is 6.34. The second-order valence-electron chi connectivity index (χ2n) is 4.66. The van der Waals surface area contributed by atoms with Crippen molar-refractivity contribution in [2.45, 2.75) is 38.3 Å². The van der Waals surface area contributed by atoms with E-state index in [0.29, 0.717) is 12.2 Å². The zero-order chi connectivity index (χ0) is 15.2. The number of hydrogen-bond donors (Lipinski definition) is 2. The molecule has 0 aromatic carbocycles. The van der Waals surface area contributed by atoms with Crippen LogP contribution in [-0.2, 0) is 16.6 Å². The van der Waals surface area contributed by atoms with Gasteiger partial charge in [-0.05, 0) is 32.1 Å². The molecule has 1 rings (SSSR count). The number of nitrogens with two attached hydrogens (primary N) is 1. The summed E-state index contributed by atoms with van der Waals surface area (Å²) in [7, 11) is -3.58. The first-order chi connectivity index (χ1) is 9.44. The Morgan fingerprint density at radius 3 is 2.60 bits per heavy atom. The number of likely N-dealkylation sites (N-methyl/N-ethyl adjacent to an activating group) is 1. The fraction of sp³-hybridized carbons (Fsp3) is 0.615. The number of sulfonamides is 1. The Balaban J connectivity index is 2.84. The van der Waals surface area contributed by atoms with Gasteiger partial charge in [0.15, 0.2) is 0 Å². The molecule has 0 bridgehead atoms.